The number of para-hydroxylation sites is 1. The van der Waals surface area contributed by atoms with Crippen molar-refractivity contribution in [2.24, 2.45) is 0 Å². The van der Waals surface area contributed by atoms with Crippen LogP contribution in [0.25, 0.3) is 10.9 Å². The molecule has 0 saturated heterocycles. The Morgan fingerprint density at radius 1 is 0.968 bits per heavy atom. The number of aryl methyl sites for hydroxylation is 1. The number of fused-ring (bicyclic) bond motifs is 2. The van der Waals surface area contributed by atoms with E-state index in [1.165, 1.54) is 12.0 Å². The van der Waals surface area contributed by atoms with Gasteiger partial charge >= 0.3 is 5.97 Å². The number of benzene rings is 2. The van der Waals surface area contributed by atoms with Gasteiger partial charge in [0, 0.05) is 23.0 Å². The van der Waals surface area contributed by atoms with E-state index in [2.05, 4.69) is 17.4 Å². The van der Waals surface area contributed by atoms with Gasteiger partial charge in [-0.25, -0.2) is 4.79 Å². The van der Waals surface area contributed by atoms with Crippen LogP contribution in [0.3, 0.4) is 0 Å². The van der Waals surface area contributed by atoms with Gasteiger partial charge in [0.25, 0.3) is 5.91 Å². The van der Waals surface area contributed by atoms with E-state index >= 15 is 0 Å². The standard InChI is InChI=1S/C26H26N2O3/c29-23(27-17-26(14-7-15-26)18-8-2-1-3-9-18)16-31-25(30)24-19-10-4-5-12-21(19)28-22-13-6-11-20(22)24/h1-5,8-10,12H,6-7,11,13-17H2,(H,27,29). The monoisotopic (exact) mass is 414 g/mol. The Kier molecular flexibility index (Phi) is 5.18. The average Bonchev–Trinajstić information content (AvgIpc) is 3.23. The molecule has 1 aromatic heterocycles. The second-order valence-electron chi connectivity index (χ2n) is 8.64. The van der Waals surface area contributed by atoms with Gasteiger partial charge < -0.3 is 10.1 Å². The molecule has 3 aromatic rings. The van der Waals surface area contributed by atoms with E-state index in [-0.39, 0.29) is 17.9 Å². The van der Waals surface area contributed by atoms with Crippen molar-refractivity contribution in [1.29, 1.82) is 0 Å². The molecule has 0 aliphatic heterocycles. The summed E-state index contributed by atoms with van der Waals surface area (Å²) in [6, 6.07) is 18.0. The number of ether oxygens (including phenoxy) is 1. The molecule has 0 radical (unpaired) electrons. The lowest BCUT2D eigenvalue weighted by Gasteiger charge is -2.42. The Bertz CT molecular complexity index is 1140. The molecule has 158 valence electrons. The molecule has 0 spiro atoms. The first-order valence-corrected chi connectivity index (χ1v) is 11.1. The SMILES string of the molecule is O=C(COC(=O)c1c2c(nc3ccccc13)CCC2)NCC1(c2ccccc2)CCC1. The van der Waals surface area contributed by atoms with Crippen LogP contribution in [-0.4, -0.2) is 30.0 Å². The molecule has 1 heterocycles. The Morgan fingerprint density at radius 2 is 1.74 bits per heavy atom. The molecule has 1 fully saturated rings. The highest BCUT2D eigenvalue weighted by Crippen LogP contribution is 2.43. The zero-order valence-electron chi connectivity index (χ0n) is 17.5. The molecule has 2 aliphatic carbocycles. The van der Waals surface area contributed by atoms with Crippen LogP contribution in [0, 0.1) is 0 Å². The molecule has 0 atom stereocenters. The van der Waals surface area contributed by atoms with Crippen molar-refractivity contribution in [2.45, 2.75) is 43.9 Å². The average molecular weight is 415 g/mol. The zero-order chi connectivity index (χ0) is 21.3. The van der Waals surface area contributed by atoms with Crippen molar-refractivity contribution >= 4 is 22.8 Å². The third-order valence-electron chi connectivity index (χ3n) is 6.78. The van der Waals surface area contributed by atoms with Crippen molar-refractivity contribution in [1.82, 2.24) is 10.3 Å². The lowest BCUT2D eigenvalue weighted by atomic mass is 9.64. The number of carbonyl (C=O) groups is 2. The van der Waals surface area contributed by atoms with Crippen LogP contribution in [0.4, 0.5) is 0 Å². The minimum Gasteiger partial charge on any atom is -0.452 e. The first-order chi connectivity index (χ1) is 15.2. The third-order valence-corrected chi connectivity index (χ3v) is 6.78. The molecule has 1 saturated carbocycles. The van der Waals surface area contributed by atoms with E-state index in [0.29, 0.717) is 12.1 Å². The summed E-state index contributed by atoms with van der Waals surface area (Å²) in [6.45, 7) is 0.302. The zero-order valence-corrected chi connectivity index (χ0v) is 17.5. The molecular weight excluding hydrogens is 388 g/mol. The van der Waals surface area contributed by atoms with Gasteiger partial charge in [0.15, 0.2) is 6.61 Å². The van der Waals surface area contributed by atoms with E-state index in [0.717, 1.165) is 54.3 Å². The largest absolute Gasteiger partial charge is 0.452 e. The minimum absolute atomic E-state index is 0.00303. The van der Waals surface area contributed by atoms with Gasteiger partial charge in [0.05, 0.1) is 11.1 Å². The summed E-state index contributed by atoms with van der Waals surface area (Å²) in [7, 11) is 0. The Hall–Kier alpha value is -3.21. The van der Waals surface area contributed by atoms with Crippen molar-refractivity contribution in [2.75, 3.05) is 13.2 Å². The molecule has 1 amide bonds. The number of hydrogen-bond acceptors (Lipinski definition) is 4. The number of nitrogens with zero attached hydrogens (tertiary/aromatic N) is 1. The number of carbonyl (C=O) groups excluding carboxylic acids is 2. The Morgan fingerprint density at radius 3 is 2.52 bits per heavy atom. The molecule has 5 nitrogen and oxygen atoms in total. The summed E-state index contributed by atoms with van der Waals surface area (Å²) in [5, 5.41) is 3.79. The van der Waals surface area contributed by atoms with Crippen molar-refractivity contribution in [3.8, 4) is 0 Å². The smallest absolute Gasteiger partial charge is 0.339 e. The number of esters is 1. The van der Waals surface area contributed by atoms with Gasteiger partial charge in [-0.1, -0.05) is 55.0 Å². The van der Waals surface area contributed by atoms with Crippen LogP contribution in [0.1, 0.15) is 52.9 Å². The van der Waals surface area contributed by atoms with Crippen LogP contribution in [0.2, 0.25) is 0 Å². The summed E-state index contributed by atoms with van der Waals surface area (Å²) in [5.74, 6) is -0.695. The fraction of sp³-hybridized carbons (Fsp3) is 0.346. The predicted octanol–water partition coefficient (Wildman–Crippen LogP) is 4.12. The first-order valence-electron chi connectivity index (χ1n) is 11.1. The molecule has 0 bridgehead atoms. The summed E-state index contributed by atoms with van der Waals surface area (Å²) >= 11 is 0. The molecule has 5 heteroatoms. The fourth-order valence-electron chi connectivity index (χ4n) is 4.93. The van der Waals surface area contributed by atoms with Gasteiger partial charge in [-0.15, -0.1) is 0 Å². The topological polar surface area (TPSA) is 68.3 Å². The maximum Gasteiger partial charge on any atom is 0.339 e. The van der Waals surface area contributed by atoms with Gasteiger partial charge in [0.2, 0.25) is 0 Å². The first kappa shape index (κ1) is 19.7. The number of pyridine rings is 1. The molecule has 5 rings (SSSR count). The fourth-order valence-corrected chi connectivity index (χ4v) is 4.93. The molecule has 0 unspecified atom stereocenters. The van der Waals surface area contributed by atoms with Gasteiger partial charge in [-0.3, -0.25) is 9.78 Å². The van der Waals surface area contributed by atoms with Crippen LogP contribution >= 0.6 is 0 Å². The van der Waals surface area contributed by atoms with E-state index in [4.69, 9.17) is 9.72 Å². The van der Waals surface area contributed by atoms with Crippen LogP contribution in [0.15, 0.2) is 54.6 Å². The Labute approximate surface area is 181 Å². The maximum absolute atomic E-state index is 13.0. The van der Waals surface area contributed by atoms with Crippen LogP contribution in [0.5, 0.6) is 0 Å². The number of aromatic nitrogens is 1. The third kappa shape index (κ3) is 3.69. The number of nitrogens with one attached hydrogen (secondary N) is 1. The lowest BCUT2D eigenvalue weighted by molar-refractivity contribution is -0.124. The van der Waals surface area contributed by atoms with E-state index in [9.17, 15) is 9.59 Å². The highest BCUT2D eigenvalue weighted by molar-refractivity contribution is 6.05. The lowest BCUT2D eigenvalue weighted by Crippen LogP contribution is -2.46. The predicted molar refractivity (Wildman–Crippen MR) is 119 cm³/mol. The highest BCUT2D eigenvalue weighted by atomic mass is 16.5. The van der Waals surface area contributed by atoms with Gasteiger partial charge in [-0.2, -0.15) is 0 Å². The quantitative estimate of drug-likeness (QED) is 0.616. The number of amides is 1. The van der Waals surface area contributed by atoms with Crippen molar-refractivity contribution in [3.05, 3.63) is 77.0 Å². The normalized spacial score (nSPS) is 16.4. The molecular formula is C26H26N2O3. The van der Waals surface area contributed by atoms with Crippen LogP contribution in [-0.2, 0) is 27.8 Å². The summed E-state index contributed by atoms with van der Waals surface area (Å²) < 4.78 is 5.47. The molecule has 2 aromatic carbocycles. The van der Waals surface area contributed by atoms with Crippen molar-refractivity contribution < 1.29 is 14.3 Å². The van der Waals surface area contributed by atoms with E-state index < -0.39 is 5.97 Å². The second kappa shape index (κ2) is 8.14. The molecule has 1 N–H and O–H groups in total. The minimum atomic E-state index is -0.437. The van der Waals surface area contributed by atoms with Crippen LogP contribution < -0.4 is 5.32 Å². The van der Waals surface area contributed by atoms with Gasteiger partial charge in [-0.05, 0) is 49.3 Å². The summed E-state index contributed by atoms with van der Waals surface area (Å²) in [4.78, 5) is 30.2. The second-order valence-corrected chi connectivity index (χ2v) is 8.64. The Balaban J connectivity index is 1.26. The van der Waals surface area contributed by atoms with E-state index in [1.807, 2.05) is 42.5 Å². The summed E-state index contributed by atoms with van der Waals surface area (Å²) in [6.07, 6.45) is 5.98. The maximum atomic E-state index is 13.0. The van der Waals surface area contributed by atoms with Gasteiger partial charge in [0.1, 0.15) is 0 Å². The molecule has 2 aliphatic rings. The highest BCUT2D eigenvalue weighted by Gasteiger charge is 2.38. The number of rotatable bonds is 6. The van der Waals surface area contributed by atoms with Crippen molar-refractivity contribution in [3.63, 3.8) is 0 Å². The van der Waals surface area contributed by atoms with E-state index in [1.54, 1.807) is 0 Å². The summed E-state index contributed by atoms with van der Waals surface area (Å²) in [5.41, 5.74) is 4.59. The molecule has 31 heavy (non-hydrogen) atoms. The number of hydrogen-bond donors (Lipinski definition) is 1.